The Balaban J connectivity index is 0.00000176. The largest absolute Gasteiger partial charge is 0.488 e. The van der Waals surface area contributed by atoms with Gasteiger partial charge in [-0.2, -0.15) is 0 Å². The van der Waals surface area contributed by atoms with Crippen molar-refractivity contribution in [2.45, 2.75) is 25.5 Å². The smallest absolute Gasteiger partial charge is 0.180 e. The lowest BCUT2D eigenvalue weighted by atomic mass is 10.1. The van der Waals surface area contributed by atoms with Crippen molar-refractivity contribution in [2.24, 2.45) is 0 Å². The molecule has 120 valence electrons. The third-order valence-electron chi connectivity index (χ3n) is 3.54. The number of likely N-dealkylation sites (tertiary alicyclic amines) is 1. The van der Waals surface area contributed by atoms with Gasteiger partial charge in [0.2, 0.25) is 0 Å². The highest BCUT2D eigenvalue weighted by atomic mass is 35.5. The number of nitrogens with two attached hydrogens (primary N) is 1. The van der Waals surface area contributed by atoms with E-state index in [0.717, 1.165) is 38.2 Å². The van der Waals surface area contributed by atoms with Crippen LogP contribution in [0.25, 0.3) is 0 Å². The van der Waals surface area contributed by atoms with Gasteiger partial charge in [0.1, 0.15) is 11.9 Å². The van der Waals surface area contributed by atoms with Gasteiger partial charge in [0, 0.05) is 24.2 Å². The SMILES string of the molecule is Cl.Nc1ncc(CN2CCCC(Oc3ccccc3Cl)C2)s1. The van der Waals surface area contributed by atoms with Crippen LogP contribution in [-0.4, -0.2) is 29.1 Å². The maximum absolute atomic E-state index is 6.15. The van der Waals surface area contributed by atoms with Crippen LogP contribution in [0.2, 0.25) is 5.02 Å². The van der Waals surface area contributed by atoms with E-state index in [-0.39, 0.29) is 18.5 Å². The van der Waals surface area contributed by atoms with Crippen LogP contribution < -0.4 is 10.5 Å². The number of ether oxygens (including phenoxy) is 1. The molecule has 0 bridgehead atoms. The molecule has 0 radical (unpaired) electrons. The molecule has 22 heavy (non-hydrogen) atoms. The Labute approximate surface area is 145 Å². The van der Waals surface area contributed by atoms with Gasteiger partial charge >= 0.3 is 0 Å². The Kier molecular flexibility index (Phi) is 6.32. The van der Waals surface area contributed by atoms with Crippen LogP contribution in [0.1, 0.15) is 17.7 Å². The fourth-order valence-corrected chi connectivity index (χ4v) is 3.50. The number of aromatic nitrogens is 1. The summed E-state index contributed by atoms with van der Waals surface area (Å²) in [6.45, 7) is 2.88. The molecule has 1 aliphatic heterocycles. The molecule has 1 unspecified atom stereocenters. The molecule has 7 heteroatoms. The number of anilines is 1. The van der Waals surface area contributed by atoms with E-state index in [4.69, 9.17) is 22.1 Å². The molecule has 1 aromatic heterocycles. The zero-order valence-electron chi connectivity index (χ0n) is 12.1. The second-order valence-corrected chi connectivity index (χ2v) is 6.77. The predicted octanol–water partition coefficient (Wildman–Crippen LogP) is 3.84. The van der Waals surface area contributed by atoms with Crippen LogP contribution in [0.3, 0.4) is 0 Å². The number of nitrogen functional groups attached to an aromatic ring is 1. The number of piperidine rings is 1. The maximum Gasteiger partial charge on any atom is 0.180 e. The highest BCUT2D eigenvalue weighted by molar-refractivity contribution is 7.15. The number of halogens is 2. The summed E-state index contributed by atoms with van der Waals surface area (Å²) in [7, 11) is 0. The van der Waals surface area contributed by atoms with Crippen LogP contribution in [0, 0.1) is 0 Å². The van der Waals surface area contributed by atoms with Crippen molar-refractivity contribution in [3.8, 4) is 5.75 Å². The summed E-state index contributed by atoms with van der Waals surface area (Å²) in [5.74, 6) is 0.771. The molecule has 1 saturated heterocycles. The summed E-state index contributed by atoms with van der Waals surface area (Å²) >= 11 is 7.71. The van der Waals surface area contributed by atoms with E-state index in [1.165, 1.54) is 4.88 Å². The Morgan fingerprint density at radius 1 is 1.41 bits per heavy atom. The second kappa shape index (κ2) is 8.02. The van der Waals surface area contributed by atoms with Crippen LogP contribution in [0.4, 0.5) is 5.13 Å². The van der Waals surface area contributed by atoms with E-state index in [1.54, 1.807) is 11.3 Å². The van der Waals surface area contributed by atoms with Gasteiger partial charge < -0.3 is 10.5 Å². The van der Waals surface area contributed by atoms with Crippen LogP contribution >= 0.6 is 35.3 Å². The van der Waals surface area contributed by atoms with E-state index in [0.29, 0.717) is 10.2 Å². The fraction of sp³-hybridized carbons (Fsp3) is 0.400. The zero-order chi connectivity index (χ0) is 14.7. The molecular weight excluding hydrogens is 341 g/mol. The molecule has 2 heterocycles. The molecule has 0 amide bonds. The first-order valence-electron chi connectivity index (χ1n) is 7.04. The summed E-state index contributed by atoms with van der Waals surface area (Å²) < 4.78 is 6.05. The van der Waals surface area contributed by atoms with Crippen molar-refractivity contribution in [3.63, 3.8) is 0 Å². The van der Waals surface area contributed by atoms with E-state index in [2.05, 4.69) is 9.88 Å². The summed E-state index contributed by atoms with van der Waals surface area (Å²) in [4.78, 5) is 7.69. The van der Waals surface area contributed by atoms with Gasteiger partial charge in [0.25, 0.3) is 0 Å². The van der Waals surface area contributed by atoms with E-state index < -0.39 is 0 Å². The normalized spacial score (nSPS) is 18.7. The third kappa shape index (κ3) is 4.49. The Hall–Kier alpha value is -1.01. The molecule has 1 fully saturated rings. The van der Waals surface area contributed by atoms with Gasteiger partial charge in [-0.25, -0.2) is 4.98 Å². The van der Waals surface area contributed by atoms with Crippen molar-refractivity contribution in [3.05, 3.63) is 40.4 Å². The first-order chi connectivity index (χ1) is 10.2. The van der Waals surface area contributed by atoms with Gasteiger partial charge in [-0.15, -0.1) is 23.7 Å². The average molecular weight is 360 g/mol. The van der Waals surface area contributed by atoms with Crippen molar-refractivity contribution in [1.82, 2.24) is 9.88 Å². The van der Waals surface area contributed by atoms with Crippen LogP contribution in [0.15, 0.2) is 30.5 Å². The minimum absolute atomic E-state index is 0. The average Bonchev–Trinajstić information content (AvgIpc) is 2.87. The quantitative estimate of drug-likeness (QED) is 0.900. The summed E-state index contributed by atoms with van der Waals surface area (Å²) in [6, 6.07) is 7.64. The van der Waals surface area contributed by atoms with Crippen LogP contribution in [0.5, 0.6) is 5.75 Å². The molecule has 0 aliphatic carbocycles. The third-order valence-corrected chi connectivity index (χ3v) is 4.67. The molecule has 2 aromatic rings. The summed E-state index contributed by atoms with van der Waals surface area (Å²) in [6.07, 6.45) is 4.23. The molecule has 1 atom stereocenters. The molecule has 0 saturated carbocycles. The van der Waals surface area contributed by atoms with E-state index >= 15 is 0 Å². The predicted molar refractivity (Wildman–Crippen MR) is 94.2 cm³/mol. The first-order valence-corrected chi connectivity index (χ1v) is 8.24. The number of para-hydroxylation sites is 1. The monoisotopic (exact) mass is 359 g/mol. The minimum Gasteiger partial charge on any atom is -0.488 e. The molecule has 2 N–H and O–H groups in total. The van der Waals surface area contributed by atoms with Gasteiger partial charge in [-0.1, -0.05) is 23.7 Å². The minimum atomic E-state index is 0. The lowest BCUT2D eigenvalue weighted by molar-refractivity contribution is 0.0849. The highest BCUT2D eigenvalue weighted by Gasteiger charge is 2.22. The van der Waals surface area contributed by atoms with Crippen molar-refractivity contribution in [1.29, 1.82) is 0 Å². The molecule has 1 aliphatic rings. The van der Waals surface area contributed by atoms with E-state index in [9.17, 15) is 0 Å². The number of thiazole rings is 1. The molecule has 0 spiro atoms. The van der Waals surface area contributed by atoms with Crippen LogP contribution in [-0.2, 0) is 6.54 Å². The second-order valence-electron chi connectivity index (χ2n) is 5.21. The molecule has 1 aromatic carbocycles. The number of nitrogens with zero attached hydrogens (tertiary/aromatic N) is 2. The topological polar surface area (TPSA) is 51.4 Å². The Morgan fingerprint density at radius 2 is 2.23 bits per heavy atom. The fourth-order valence-electron chi connectivity index (χ4n) is 2.59. The lowest BCUT2D eigenvalue weighted by Crippen LogP contribution is -2.40. The van der Waals surface area contributed by atoms with E-state index in [1.807, 2.05) is 30.5 Å². The van der Waals surface area contributed by atoms with Gasteiger partial charge in [-0.05, 0) is 31.5 Å². The standard InChI is InChI=1S/C15H18ClN3OS.ClH/c16-13-5-1-2-6-14(13)20-11-4-3-7-19(9-11)10-12-8-18-15(17)21-12;/h1-2,5-6,8,11H,3-4,7,9-10H2,(H2,17,18);1H. The number of hydrogen-bond acceptors (Lipinski definition) is 5. The molecular formula is C15H19Cl2N3OS. The summed E-state index contributed by atoms with van der Waals surface area (Å²) in [5.41, 5.74) is 5.68. The number of benzene rings is 1. The maximum atomic E-state index is 6.15. The number of hydrogen-bond donors (Lipinski definition) is 1. The number of rotatable bonds is 4. The highest BCUT2D eigenvalue weighted by Crippen LogP contribution is 2.27. The molecule has 3 rings (SSSR count). The summed E-state index contributed by atoms with van der Waals surface area (Å²) in [5, 5.41) is 1.30. The first kappa shape index (κ1) is 17.3. The Bertz CT molecular complexity index is 608. The van der Waals surface area contributed by atoms with Gasteiger partial charge in [0.05, 0.1) is 5.02 Å². The van der Waals surface area contributed by atoms with Gasteiger partial charge in [-0.3, -0.25) is 4.90 Å². The van der Waals surface area contributed by atoms with Crippen molar-refractivity contribution >= 4 is 40.5 Å². The van der Waals surface area contributed by atoms with Gasteiger partial charge in [0.15, 0.2) is 5.13 Å². The van der Waals surface area contributed by atoms with Crippen molar-refractivity contribution < 1.29 is 4.74 Å². The molecule has 4 nitrogen and oxygen atoms in total. The lowest BCUT2D eigenvalue weighted by Gasteiger charge is -2.32. The Morgan fingerprint density at radius 3 is 2.95 bits per heavy atom. The zero-order valence-corrected chi connectivity index (χ0v) is 14.5. The van der Waals surface area contributed by atoms with Crippen molar-refractivity contribution in [2.75, 3.05) is 18.8 Å².